The number of aromatic nitrogens is 1. The Bertz CT molecular complexity index is 1470. The second kappa shape index (κ2) is 8.98. The average molecular weight is 502 g/mol. The molecule has 6 rings (SSSR count). The van der Waals surface area contributed by atoms with Crippen molar-refractivity contribution < 1.29 is 23.6 Å². The highest BCUT2D eigenvalue weighted by atomic mass is 32.1. The number of aryl methyl sites for hydroxylation is 1. The van der Waals surface area contributed by atoms with E-state index >= 15 is 0 Å². The van der Waals surface area contributed by atoms with E-state index in [0.29, 0.717) is 43.3 Å². The standard InChI is InChI=1S/C27H25N4O4S/c1-16-26(29-25(36-16)12-20(32)9-17-3-6-23-24(10-17)35-15-34-23)19-4-5-21-18(11-19)7-8-31(21)27(33)22-13-28-14-30(22)2/h3-6,10-11,13H,7-9,12,14-15H2,1-2H3/q+1. The molecule has 0 unspecified atom stereocenters. The number of carbonyl (C=O) groups is 2. The molecule has 182 valence electrons. The first kappa shape index (κ1) is 22.6. The molecule has 0 saturated heterocycles. The quantitative estimate of drug-likeness (QED) is 0.485. The number of carbonyl (C=O) groups excluding carboxylic acids is 2. The molecule has 9 heteroatoms. The number of hydrogen-bond acceptors (Lipinski definition) is 7. The highest BCUT2D eigenvalue weighted by Gasteiger charge is 2.33. The molecule has 3 aliphatic rings. The van der Waals surface area contributed by atoms with E-state index in [1.165, 1.54) is 0 Å². The summed E-state index contributed by atoms with van der Waals surface area (Å²) < 4.78 is 12.6. The molecule has 0 saturated carbocycles. The minimum atomic E-state index is -0.0154. The molecule has 8 nitrogen and oxygen atoms in total. The second-order valence-corrected chi connectivity index (χ2v) is 10.5. The van der Waals surface area contributed by atoms with Gasteiger partial charge in [0.25, 0.3) is 5.71 Å². The number of rotatable bonds is 6. The third-order valence-electron chi connectivity index (χ3n) is 6.66. The van der Waals surface area contributed by atoms with Crippen LogP contribution in [0.25, 0.3) is 11.3 Å². The number of ketones is 1. The topological polar surface area (TPSA) is 84.1 Å². The molecule has 3 aromatic rings. The van der Waals surface area contributed by atoms with Gasteiger partial charge in [-0.05, 0) is 48.7 Å². The first-order chi connectivity index (χ1) is 17.5. The molecule has 0 bridgehead atoms. The number of benzene rings is 2. The Morgan fingerprint density at radius 1 is 1.11 bits per heavy atom. The van der Waals surface area contributed by atoms with Gasteiger partial charge in [-0.3, -0.25) is 9.59 Å². The highest BCUT2D eigenvalue weighted by molar-refractivity contribution is 7.12. The largest absolute Gasteiger partial charge is 0.454 e. The number of thiazole rings is 1. The van der Waals surface area contributed by atoms with Gasteiger partial charge in [0.15, 0.2) is 11.5 Å². The average Bonchev–Trinajstić information content (AvgIpc) is 3.64. The molecule has 1 amide bonds. The molecular weight excluding hydrogens is 476 g/mol. The van der Waals surface area contributed by atoms with Gasteiger partial charge in [0.2, 0.25) is 13.5 Å². The third kappa shape index (κ3) is 4.09. The van der Waals surface area contributed by atoms with E-state index in [0.717, 1.165) is 44.4 Å². The lowest BCUT2D eigenvalue weighted by molar-refractivity contribution is -0.488. The molecule has 0 fully saturated rings. The predicted octanol–water partition coefficient (Wildman–Crippen LogP) is 3.22. The monoisotopic (exact) mass is 501 g/mol. The minimum absolute atomic E-state index is 0.0154. The Hall–Kier alpha value is -3.85. The van der Waals surface area contributed by atoms with Crippen LogP contribution in [0, 0.1) is 6.92 Å². The van der Waals surface area contributed by atoms with Crippen molar-refractivity contribution in [3.8, 4) is 22.8 Å². The number of Topliss-reactive ketones (excluding diaryl/α,β-unsaturated/α-hetero) is 1. The van der Waals surface area contributed by atoms with Crippen LogP contribution in [0.3, 0.4) is 0 Å². The van der Waals surface area contributed by atoms with Crippen molar-refractivity contribution in [2.24, 2.45) is 4.99 Å². The Labute approximate surface area is 212 Å². The van der Waals surface area contributed by atoms with Crippen LogP contribution < -0.4 is 14.4 Å². The van der Waals surface area contributed by atoms with Crippen LogP contribution in [0.15, 0.2) is 41.4 Å². The summed E-state index contributed by atoms with van der Waals surface area (Å²) in [5.41, 5.74) is 5.51. The van der Waals surface area contributed by atoms with Crippen LogP contribution in [0.4, 0.5) is 5.69 Å². The van der Waals surface area contributed by atoms with Gasteiger partial charge in [-0.25, -0.2) is 14.6 Å². The molecule has 36 heavy (non-hydrogen) atoms. The van der Waals surface area contributed by atoms with Crippen LogP contribution >= 0.6 is 11.3 Å². The first-order valence-corrected chi connectivity index (χ1v) is 12.7. The fraction of sp³-hybridized carbons (Fsp3) is 0.296. The zero-order valence-electron chi connectivity index (χ0n) is 20.1. The lowest BCUT2D eigenvalue weighted by Crippen LogP contribution is -2.38. The summed E-state index contributed by atoms with van der Waals surface area (Å²) in [6.45, 7) is 3.42. The van der Waals surface area contributed by atoms with Crippen LogP contribution in [-0.2, 0) is 28.9 Å². The summed E-state index contributed by atoms with van der Waals surface area (Å²) in [7, 11) is 1.88. The molecular formula is C27H25N4O4S+. The van der Waals surface area contributed by atoms with Crippen molar-refractivity contribution in [1.82, 2.24) is 4.98 Å². The van der Waals surface area contributed by atoms with E-state index in [-0.39, 0.29) is 18.5 Å². The van der Waals surface area contributed by atoms with Crippen LogP contribution in [0.2, 0.25) is 0 Å². The van der Waals surface area contributed by atoms with Gasteiger partial charge in [0.1, 0.15) is 24.1 Å². The molecule has 3 aliphatic heterocycles. The summed E-state index contributed by atoms with van der Waals surface area (Å²) in [4.78, 5) is 37.7. The number of fused-ring (bicyclic) bond motifs is 2. The number of anilines is 1. The maximum absolute atomic E-state index is 13.0. The van der Waals surface area contributed by atoms with Crippen LogP contribution in [0.5, 0.6) is 11.5 Å². The number of hydrogen-bond donors (Lipinski definition) is 0. The number of aliphatic imine (C=N–C) groups is 1. The lowest BCUT2D eigenvalue weighted by atomic mass is 10.1. The summed E-state index contributed by atoms with van der Waals surface area (Å²) in [5.74, 6) is 1.49. The third-order valence-corrected chi connectivity index (χ3v) is 7.63. The Kier molecular flexibility index (Phi) is 5.64. The SMILES string of the molecule is Cc1sc(CC(=O)Cc2ccc3c(c2)OCO3)nc1-c1ccc2c(c1)CCN2C(=O)C1=[N+](C)CN=C1. The summed E-state index contributed by atoms with van der Waals surface area (Å²) >= 11 is 1.56. The number of amides is 1. The predicted molar refractivity (Wildman–Crippen MR) is 138 cm³/mol. The maximum atomic E-state index is 13.0. The van der Waals surface area contributed by atoms with Gasteiger partial charge >= 0.3 is 5.91 Å². The Morgan fingerprint density at radius 3 is 2.81 bits per heavy atom. The molecule has 0 radical (unpaired) electrons. The molecule has 4 heterocycles. The second-order valence-electron chi connectivity index (χ2n) is 9.18. The van der Waals surface area contributed by atoms with Gasteiger partial charge in [-0.2, -0.15) is 0 Å². The van der Waals surface area contributed by atoms with Crippen LogP contribution in [-0.4, -0.2) is 60.2 Å². The zero-order chi connectivity index (χ0) is 24.8. The van der Waals surface area contributed by atoms with E-state index in [1.54, 1.807) is 17.6 Å². The van der Waals surface area contributed by atoms with Gasteiger partial charge < -0.3 is 14.4 Å². The van der Waals surface area contributed by atoms with Crippen molar-refractivity contribution in [2.75, 3.05) is 32.0 Å². The van der Waals surface area contributed by atoms with Gasteiger partial charge in [0, 0.05) is 29.1 Å². The maximum Gasteiger partial charge on any atom is 0.324 e. The van der Waals surface area contributed by atoms with Gasteiger partial charge in [-0.15, -0.1) is 11.3 Å². The molecule has 0 atom stereocenters. The molecule has 0 spiro atoms. The molecule has 1 aromatic heterocycles. The van der Waals surface area contributed by atoms with Crippen molar-refractivity contribution in [3.63, 3.8) is 0 Å². The van der Waals surface area contributed by atoms with Crippen molar-refractivity contribution in [2.45, 2.75) is 26.2 Å². The highest BCUT2D eigenvalue weighted by Crippen LogP contribution is 2.35. The Balaban J connectivity index is 1.17. The smallest absolute Gasteiger partial charge is 0.324 e. The van der Waals surface area contributed by atoms with E-state index < -0.39 is 0 Å². The van der Waals surface area contributed by atoms with Gasteiger partial charge in [-0.1, -0.05) is 12.1 Å². The number of nitrogens with zero attached hydrogens (tertiary/aromatic N) is 4. The normalized spacial score (nSPS) is 15.7. The first-order valence-electron chi connectivity index (χ1n) is 11.9. The zero-order valence-corrected chi connectivity index (χ0v) is 20.9. The van der Waals surface area contributed by atoms with Crippen molar-refractivity contribution in [1.29, 1.82) is 0 Å². The van der Waals surface area contributed by atoms with E-state index in [1.807, 2.05) is 53.8 Å². The summed E-state index contributed by atoms with van der Waals surface area (Å²) in [6, 6.07) is 11.8. The molecule has 0 N–H and O–H groups in total. The lowest BCUT2D eigenvalue weighted by Gasteiger charge is -2.15. The van der Waals surface area contributed by atoms with Crippen LogP contribution in [0.1, 0.15) is 21.0 Å². The van der Waals surface area contributed by atoms with E-state index in [4.69, 9.17) is 14.5 Å². The van der Waals surface area contributed by atoms with Crippen molar-refractivity contribution >= 4 is 40.6 Å². The summed E-state index contributed by atoms with van der Waals surface area (Å²) in [6.07, 6.45) is 3.07. The van der Waals surface area contributed by atoms with Gasteiger partial charge in [0.05, 0.1) is 12.1 Å². The minimum Gasteiger partial charge on any atom is -0.454 e. The fourth-order valence-electron chi connectivity index (χ4n) is 4.85. The fourth-order valence-corrected chi connectivity index (χ4v) is 5.83. The van der Waals surface area contributed by atoms with Crippen molar-refractivity contribution in [3.05, 3.63) is 57.4 Å². The Morgan fingerprint density at radius 2 is 1.97 bits per heavy atom. The number of ether oxygens (including phenoxy) is 2. The summed E-state index contributed by atoms with van der Waals surface area (Å²) in [5, 5.41) is 0.811. The van der Waals surface area contributed by atoms with E-state index in [9.17, 15) is 9.59 Å². The molecule has 2 aromatic carbocycles. The van der Waals surface area contributed by atoms with E-state index in [2.05, 4.69) is 11.1 Å². The molecule has 0 aliphatic carbocycles.